The van der Waals surface area contributed by atoms with Crippen LogP contribution < -0.4 is 0 Å². The first-order chi connectivity index (χ1) is 15.8. The summed E-state index contributed by atoms with van der Waals surface area (Å²) in [5, 5.41) is 17.9. The predicted octanol–water partition coefficient (Wildman–Crippen LogP) is 4.91. The second kappa shape index (κ2) is 8.43. The Bertz CT molecular complexity index is 1480. The van der Waals surface area contributed by atoms with Gasteiger partial charge < -0.3 is 5.11 Å². The van der Waals surface area contributed by atoms with Crippen LogP contribution in [0.25, 0.3) is 21.2 Å². The van der Waals surface area contributed by atoms with Crippen molar-refractivity contribution >= 4 is 31.3 Å². The SMILES string of the molecule is CCC(O)(c1cn(Cc2ccc3c(-c4cccc(F)c4)c(S(C)(=O)=O)sc3c2)nn1)C(F)(F)F. The predicted molar refractivity (Wildman–Crippen MR) is 120 cm³/mol. The third-order valence-corrected chi connectivity index (χ3v) is 8.44. The van der Waals surface area contributed by atoms with Gasteiger partial charge in [0.25, 0.3) is 0 Å². The molecule has 12 heteroatoms. The van der Waals surface area contributed by atoms with Crippen LogP contribution in [0.4, 0.5) is 17.6 Å². The number of rotatable bonds is 6. The summed E-state index contributed by atoms with van der Waals surface area (Å²) in [7, 11) is -3.62. The van der Waals surface area contributed by atoms with Crippen LogP contribution in [0.5, 0.6) is 0 Å². The van der Waals surface area contributed by atoms with Crippen molar-refractivity contribution in [2.45, 2.75) is 35.9 Å². The molecule has 0 saturated heterocycles. The van der Waals surface area contributed by atoms with Gasteiger partial charge in [0.2, 0.25) is 5.60 Å². The van der Waals surface area contributed by atoms with Crippen LogP contribution in [-0.2, 0) is 22.0 Å². The fourth-order valence-corrected chi connectivity index (χ4v) is 6.17. The van der Waals surface area contributed by atoms with Crippen molar-refractivity contribution in [3.63, 3.8) is 0 Å². The van der Waals surface area contributed by atoms with E-state index in [2.05, 4.69) is 10.3 Å². The van der Waals surface area contributed by atoms with Gasteiger partial charge in [-0.25, -0.2) is 17.5 Å². The van der Waals surface area contributed by atoms with Gasteiger partial charge in [-0.1, -0.05) is 36.4 Å². The Morgan fingerprint density at radius 1 is 1.15 bits per heavy atom. The largest absolute Gasteiger partial charge is 0.423 e. The molecule has 0 aliphatic heterocycles. The fraction of sp³-hybridized carbons (Fsp3) is 0.273. The van der Waals surface area contributed by atoms with Gasteiger partial charge >= 0.3 is 6.18 Å². The van der Waals surface area contributed by atoms with Gasteiger partial charge in [-0.15, -0.1) is 16.4 Å². The maximum Gasteiger partial charge on any atom is 0.423 e. The van der Waals surface area contributed by atoms with Crippen molar-refractivity contribution < 1.29 is 31.1 Å². The second-order valence-corrected chi connectivity index (χ2v) is 11.2. The van der Waals surface area contributed by atoms with E-state index < -0.39 is 39.5 Å². The molecule has 0 radical (unpaired) electrons. The monoisotopic (exact) mass is 513 g/mol. The number of benzene rings is 2. The molecule has 0 amide bonds. The molecule has 1 unspecified atom stereocenters. The number of sulfone groups is 1. The van der Waals surface area contributed by atoms with Crippen molar-refractivity contribution in [1.82, 2.24) is 15.0 Å². The minimum atomic E-state index is -4.91. The summed E-state index contributed by atoms with van der Waals surface area (Å²) < 4.78 is 80.5. The third kappa shape index (κ3) is 4.32. The number of fused-ring (bicyclic) bond motifs is 1. The van der Waals surface area contributed by atoms with Gasteiger partial charge in [-0.05, 0) is 35.7 Å². The lowest BCUT2D eigenvalue weighted by Crippen LogP contribution is -2.42. The zero-order valence-electron chi connectivity index (χ0n) is 18.0. The highest BCUT2D eigenvalue weighted by molar-refractivity contribution is 7.93. The highest BCUT2D eigenvalue weighted by Gasteiger charge is 2.55. The number of aliphatic hydroxyl groups is 1. The van der Waals surface area contributed by atoms with Crippen molar-refractivity contribution in [2.75, 3.05) is 6.26 Å². The number of hydrogen-bond donors (Lipinski definition) is 1. The van der Waals surface area contributed by atoms with Crippen LogP contribution in [0.2, 0.25) is 0 Å². The molecule has 1 N–H and O–H groups in total. The number of aromatic nitrogens is 3. The number of nitrogens with zero attached hydrogens (tertiary/aromatic N) is 3. The van der Waals surface area contributed by atoms with Gasteiger partial charge in [0.1, 0.15) is 15.7 Å². The number of halogens is 4. The Kier molecular flexibility index (Phi) is 6.03. The van der Waals surface area contributed by atoms with E-state index in [4.69, 9.17) is 0 Å². The lowest BCUT2D eigenvalue weighted by atomic mass is 9.96. The Hall–Kier alpha value is -2.83. The molecule has 2 heterocycles. The van der Waals surface area contributed by atoms with E-state index in [1.54, 1.807) is 24.3 Å². The number of thiophene rings is 1. The van der Waals surface area contributed by atoms with E-state index in [1.807, 2.05) is 0 Å². The molecule has 0 aliphatic rings. The van der Waals surface area contributed by atoms with Gasteiger partial charge in [-0.3, -0.25) is 0 Å². The smallest absolute Gasteiger partial charge is 0.375 e. The quantitative estimate of drug-likeness (QED) is 0.371. The molecule has 1 atom stereocenters. The molecule has 0 fully saturated rings. The second-order valence-electron chi connectivity index (χ2n) is 7.89. The molecule has 34 heavy (non-hydrogen) atoms. The maximum atomic E-state index is 13.8. The summed E-state index contributed by atoms with van der Waals surface area (Å²) in [5.41, 5.74) is -2.26. The molecule has 180 valence electrons. The summed E-state index contributed by atoms with van der Waals surface area (Å²) in [4.78, 5) is 0. The van der Waals surface area contributed by atoms with Crippen molar-refractivity contribution in [3.8, 4) is 11.1 Å². The lowest BCUT2D eigenvalue weighted by Gasteiger charge is -2.26. The Labute approximate surface area is 196 Å². The average Bonchev–Trinajstić information content (AvgIpc) is 3.37. The highest BCUT2D eigenvalue weighted by atomic mass is 32.2. The third-order valence-electron chi connectivity index (χ3n) is 5.46. The average molecular weight is 514 g/mol. The molecule has 4 aromatic rings. The van der Waals surface area contributed by atoms with Gasteiger partial charge in [0, 0.05) is 21.9 Å². The van der Waals surface area contributed by atoms with Crippen LogP contribution in [0.3, 0.4) is 0 Å². The molecular weight excluding hydrogens is 494 g/mol. The summed E-state index contributed by atoms with van der Waals surface area (Å²) in [6.07, 6.45) is -3.41. The van der Waals surface area contributed by atoms with Crippen LogP contribution in [0.15, 0.2) is 52.9 Å². The van der Waals surface area contributed by atoms with E-state index in [1.165, 1.54) is 29.8 Å². The molecular formula is C22H19F4N3O3S2. The van der Waals surface area contributed by atoms with Gasteiger partial charge in [0.05, 0.1) is 12.7 Å². The maximum absolute atomic E-state index is 13.8. The minimum absolute atomic E-state index is 0.0436. The van der Waals surface area contributed by atoms with E-state index >= 15 is 0 Å². The first kappa shape index (κ1) is 24.3. The molecule has 0 bridgehead atoms. The zero-order valence-corrected chi connectivity index (χ0v) is 19.6. The normalized spacial score (nSPS) is 14.4. The molecule has 6 nitrogen and oxygen atoms in total. The zero-order chi connectivity index (χ0) is 24.9. The summed E-state index contributed by atoms with van der Waals surface area (Å²) in [6, 6.07) is 10.7. The van der Waals surface area contributed by atoms with Crippen LogP contribution in [0.1, 0.15) is 24.6 Å². The van der Waals surface area contributed by atoms with E-state index in [-0.39, 0.29) is 10.8 Å². The number of alkyl halides is 3. The minimum Gasteiger partial charge on any atom is -0.375 e. The van der Waals surface area contributed by atoms with Crippen LogP contribution >= 0.6 is 11.3 Å². The van der Waals surface area contributed by atoms with Crippen LogP contribution in [0, 0.1) is 5.82 Å². The van der Waals surface area contributed by atoms with Crippen LogP contribution in [-0.4, -0.2) is 41.0 Å². The first-order valence-corrected chi connectivity index (χ1v) is 12.8. The van der Waals surface area contributed by atoms with E-state index in [9.17, 15) is 31.1 Å². The Morgan fingerprint density at radius 2 is 1.88 bits per heavy atom. The molecule has 0 saturated carbocycles. The highest BCUT2D eigenvalue weighted by Crippen LogP contribution is 2.42. The summed E-state index contributed by atoms with van der Waals surface area (Å²) in [5.74, 6) is -0.499. The standard InChI is InChI=1S/C22H19F4N3O3S2/c1-3-21(30,22(24,25)26)18-12-29(28-27-18)11-13-7-8-16-17(9-13)33-20(34(2,31)32)19(16)14-5-4-6-15(23)10-14/h4-10,12,30H,3,11H2,1-2H3. The number of hydrogen-bond acceptors (Lipinski definition) is 6. The molecule has 4 rings (SSSR count). The fourth-order valence-electron chi connectivity index (χ4n) is 3.67. The van der Waals surface area contributed by atoms with Crippen molar-refractivity contribution in [3.05, 3.63) is 65.7 Å². The molecule has 2 aromatic heterocycles. The van der Waals surface area contributed by atoms with Gasteiger partial charge in [-0.2, -0.15) is 13.2 Å². The van der Waals surface area contributed by atoms with E-state index in [0.29, 0.717) is 26.8 Å². The topological polar surface area (TPSA) is 85.1 Å². The Morgan fingerprint density at radius 3 is 2.50 bits per heavy atom. The van der Waals surface area contributed by atoms with Crippen molar-refractivity contribution in [2.24, 2.45) is 0 Å². The van der Waals surface area contributed by atoms with Gasteiger partial charge in [0.15, 0.2) is 9.84 Å². The first-order valence-electron chi connectivity index (χ1n) is 10.0. The van der Waals surface area contributed by atoms with Crippen molar-refractivity contribution in [1.29, 1.82) is 0 Å². The Balaban J connectivity index is 1.74. The van der Waals surface area contributed by atoms with E-state index in [0.717, 1.165) is 23.8 Å². The molecule has 0 aliphatic carbocycles. The summed E-state index contributed by atoms with van der Waals surface area (Å²) in [6.45, 7) is 1.24. The lowest BCUT2D eigenvalue weighted by molar-refractivity contribution is -0.269. The summed E-state index contributed by atoms with van der Waals surface area (Å²) >= 11 is 1.03. The molecule has 0 spiro atoms. The molecule has 2 aromatic carbocycles.